The topological polar surface area (TPSA) is 70.5 Å². The first kappa shape index (κ1) is 22.9. The number of ketones is 1. The van der Waals surface area contributed by atoms with Crippen molar-refractivity contribution in [2.45, 2.75) is 32.7 Å². The fraction of sp³-hybridized carbons (Fsp3) is 0.179. The number of thiazole rings is 1. The number of halogens is 1. The Labute approximate surface area is 206 Å². The van der Waals surface area contributed by atoms with Crippen molar-refractivity contribution < 1.29 is 19.1 Å². The normalized spacial score (nSPS) is 17.6. The van der Waals surface area contributed by atoms with Crippen LogP contribution in [0.4, 0.5) is 9.52 Å². The van der Waals surface area contributed by atoms with Gasteiger partial charge in [-0.1, -0.05) is 79.3 Å². The molecule has 5 rings (SSSR count). The van der Waals surface area contributed by atoms with Crippen molar-refractivity contribution in [1.29, 1.82) is 0 Å². The van der Waals surface area contributed by atoms with E-state index in [4.69, 9.17) is 0 Å². The van der Waals surface area contributed by atoms with E-state index in [9.17, 15) is 19.1 Å². The summed E-state index contributed by atoms with van der Waals surface area (Å²) in [5.74, 6) is -1.91. The molecule has 35 heavy (non-hydrogen) atoms. The number of anilines is 1. The van der Waals surface area contributed by atoms with Gasteiger partial charge in [-0.3, -0.25) is 14.5 Å². The van der Waals surface area contributed by atoms with E-state index in [1.165, 1.54) is 17.0 Å². The molecule has 1 saturated heterocycles. The predicted molar refractivity (Wildman–Crippen MR) is 136 cm³/mol. The molecule has 7 heteroatoms. The van der Waals surface area contributed by atoms with Gasteiger partial charge >= 0.3 is 5.91 Å². The van der Waals surface area contributed by atoms with Crippen molar-refractivity contribution in [1.82, 2.24) is 4.98 Å². The number of carbonyl (C=O) groups excluding carboxylic acids is 2. The number of aromatic nitrogens is 1. The van der Waals surface area contributed by atoms with Crippen LogP contribution in [0.3, 0.4) is 0 Å². The van der Waals surface area contributed by atoms with Gasteiger partial charge in [0.15, 0.2) is 5.13 Å². The number of hydrogen-bond donors (Lipinski definition) is 1. The summed E-state index contributed by atoms with van der Waals surface area (Å²) < 4.78 is 14.4. The molecule has 4 aromatic rings. The standard InChI is InChI=1S/C28H23FN2O3S/c1-15(2)17-8-10-18(11-9-17)24-23(25(32)19-6-4-16(3)5-7-19)26(33)27(34)31(24)28-30-21-13-12-20(29)14-22(21)35-28/h4-15,24,32H,1-3H3/t24-/m1/s1. The summed E-state index contributed by atoms with van der Waals surface area (Å²) in [6.07, 6.45) is 0. The number of amides is 1. The Morgan fingerprint density at radius 1 is 1.03 bits per heavy atom. The second-order valence-corrected chi connectivity index (χ2v) is 9.97. The molecule has 0 bridgehead atoms. The van der Waals surface area contributed by atoms with Crippen molar-refractivity contribution in [2.24, 2.45) is 0 Å². The number of Topliss-reactive ketones (excluding diaryl/α,β-unsaturated/α-hetero) is 1. The molecule has 0 spiro atoms. The lowest BCUT2D eigenvalue weighted by Gasteiger charge is -2.23. The van der Waals surface area contributed by atoms with Gasteiger partial charge in [0, 0.05) is 5.56 Å². The summed E-state index contributed by atoms with van der Waals surface area (Å²) in [5.41, 5.74) is 3.77. The van der Waals surface area contributed by atoms with Gasteiger partial charge in [-0.25, -0.2) is 9.37 Å². The first-order chi connectivity index (χ1) is 16.7. The maximum absolute atomic E-state index is 13.8. The number of aliphatic hydroxyl groups is 1. The Kier molecular flexibility index (Phi) is 5.73. The van der Waals surface area contributed by atoms with E-state index in [-0.39, 0.29) is 16.5 Å². The minimum atomic E-state index is -0.872. The largest absolute Gasteiger partial charge is 0.507 e. The van der Waals surface area contributed by atoms with Crippen molar-refractivity contribution >= 4 is 44.1 Å². The molecule has 0 aliphatic carbocycles. The molecule has 2 heterocycles. The summed E-state index contributed by atoms with van der Waals surface area (Å²) in [5, 5.41) is 11.5. The van der Waals surface area contributed by atoms with Gasteiger partial charge in [-0.2, -0.15) is 0 Å². The van der Waals surface area contributed by atoms with E-state index >= 15 is 0 Å². The third kappa shape index (κ3) is 4.02. The molecular weight excluding hydrogens is 463 g/mol. The minimum Gasteiger partial charge on any atom is -0.507 e. The van der Waals surface area contributed by atoms with Crippen LogP contribution in [0.25, 0.3) is 16.0 Å². The minimum absolute atomic E-state index is 0.00147. The zero-order valence-electron chi connectivity index (χ0n) is 19.4. The monoisotopic (exact) mass is 486 g/mol. The Morgan fingerprint density at radius 3 is 2.37 bits per heavy atom. The zero-order valence-corrected chi connectivity index (χ0v) is 20.3. The van der Waals surface area contributed by atoms with E-state index in [1.807, 2.05) is 43.3 Å². The second kappa shape index (κ2) is 8.74. The number of nitrogens with zero attached hydrogens (tertiary/aromatic N) is 2. The number of fused-ring (bicyclic) bond motifs is 1. The van der Waals surface area contributed by atoms with E-state index in [0.717, 1.165) is 22.5 Å². The predicted octanol–water partition coefficient (Wildman–Crippen LogP) is 6.49. The Hall–Kier alpha value is -3.84. The molecule has 1 aliphatic heterocycles. The highest BCUT2D eigenvalue weighted by Gasteiger charge is 2.48. The van der Waals surface area contributed by atoms with Gasteiger partial charge in [0.05, 0.1) is 21.8 Å². The van der Waals surface area contributed by atoms with Gasteiger partial charge in [0.25, 0.3) is 5.78 Å². The van der Waals surface area contributed by atoms with E-state index < -0.39 is 23.5 Å². The molecule has 0 unspecified atom stereocenters. The number of rotatable bonds is 4. The van der Waals surface area contributed by atoms with Crippen LogP contribution < -0.4 is 4.90 Å². The zero-order chi connectivity index (χ0) is 24.9. The molecule has 1 aromatic heterocycles. The molecule has 0 saturated carbocycles. The van der Waals surface area contributed by atoms with E-state index in [2.05, 4.69) is 18.8 Å². The number of aliphatic hydroxyl groups excluding tert-OH is 1. The number of benzene rings is 3. The first-order valence-corrected chi connectivity index (χ1v) is 12.1. The van der Waals surface area contributed by atoms with Crippen LogP contribution >= 0.6 is 11.3 Å². The third-order valence-electron chi connectivity index (χ3n) is 6.23. The van der Waals surface area contributed by atoms with Crippen LogP contribution in [0.2, 0.25) is 0 Å². The van der Waals surface area contributed by atoms with Crippen LogP contribution in [0, 0.1) is 12.7 Å². The van der Waals surface area contributed by atoms with E-state index in [1.54, 1.807) is 18.2 Å². The summed E-state index contributed by atoms with van der Waals surface area (Å²) in [6.45, 7) is 6.09. The van der Waals surface area contributed by atoms with Crippen LogP contribution in [-0.2, 0) is 9.59 Å². The number of hydrogen-bond acceptors (Lipinski definition) is 5. The molecule has 1 amide bonds. The van der Waals surface area contributed by atoms with Gasteiger partial charge in [0.2, 0.25) is 0 Å². The fourth-order valence-corrected chi connectivity index (χ4v) is 5.28. The van der Waals surface area contributed by atoms with Crippen LogP contribution in [0.1, 0.15) is 48.1 Å². The van der Waals surface area contributed by atoms with Crippen molar-refractivity contribution in [3.8, 4) is 0 Å². The molecule has 176 valence electrons. The molecule has 3 aromatic carbocycles. The fourth-order valence-electron chi connectivity index (χ4n) is 4.26. The summed E-state index contributed by atoms with van der Waals surface area (Å²) in [4.78, 5) is 32.5. The Morgan fingerprint density at radius 2 is 1.71 bits per heavy atom. The molecule has 1 aliphatic rings. The molecule has 0 radical (unpaired) electrons. The average molecular weight is 487 g/mol. The highest BCUT2D eigenvalue weighted by molar-refractivity contribution is 7.22. The molecule has 1 atom stereocenters. The number of aryl methyl sites for hydroxylation is 1. The van der Waals surface area contributed by atoms with Crippen molar-refractivity contribution in [2.75, 3.05) is 4.90 Å². The lowest BCUT2D eigenvalue weighted by Crippen LogP contribution is -2.29. The van der Waals surface area contributed by atoms with E-state index in [0.29, 0.717) is 27.3 Å². The Balaban J connectivity index is 1.71. The summed E-state index contributed by atoms with van der Waals surface area (Å²) in [7, 11) is 0. The third-order valence-corrected chi connectivity index (χ3v) is 7.25. The summed E-state index contributed by atoms with van der Waals surface area (Å²) in [6, 6.07) is 18.1. The molecule has 1 fully saturated rings. The van der Waals surface area contributed by atoms with Crippen LogP contribution in [-0.4, -0.2) is 21.8 Å². The lowest BCUT2D eigenvalue weighted by atomic mass is 9.93. The van der Waals surface area contributed by atoms with Gasteiger partial charge < -0.3 is 5.11 Å². The second-order valence-electron chi connectivity index (χ2n) is 8.96. The smallest absolute Gasteiger partial charge is 0.301 e. The lowest BCUT2D eigenvalue weighted by molar-refractivity contribution is -0.132. The maximum Gasteiger partial charge on any atom is 0.301 e. The highest BCUT2D eigenvalue weighted by Crippen LogP contribution is 2.44. The SMILES string of the molecule is Cc1ccc(C(O)=C2C(=O)C(=O)N(c3nc4ccc(F)cc4s3)[C@@H]2c2ccc(C(C)C)cc2)cc1. The molecule has 5 nitrogen and oxygen atoms in total. The van der Waals surface area contributed by atoms with Gasteiger partial charge in [0.1, 0.15) is 11.6 Å². The van der Waals surface area contributed by atoms with Crippen molar-refractivity contribution in [3.63, 3.8) is 0 Å². The average Bonchev–Trinajstić information content (AvgIpc) is 3.37. The maximum atomic E-state index is 13.8. The van der Waals surface area contributed by atoms with Gasteiger partial charge in [-0.15, -0.1) is 0 Å². The van der Waals surface area contributed by atoms with Gasteiger partial charge in [-0.05, 0) is 42.2 Å². The number of carbonyl (C=O) groups is 2. The van der Waals surface area contributed by atoms with Crippen molar-refractivity contribution in [3.05, 3.63) is 100 Å². The van der Waals surface area contributed by atoms with Crippen LogP contribution in [0.5, 0.6) is 0 Å². The Bertz CT molecular complexity index is 1490. The first-order valence-electron chi connectivity index (χ1n) is 11.3. The highest BCUT2D eigenvalue weighted by atomic mass is 32.1. The molecular formula is C28H23FN2O3S. The summed E-state index contributed by atoms with van der Waals surface area (Å²) >= 11 is 1.13. The molecule has 1 N–H and O–H groups in total. The quantitative estimate of drug-likeness (QED) is 0.203. The van der Waals surface area contributed by atoms with Crippen LogP contribution in [0.15, 0.2) is 72.3 Å².